The minimum absolute atomic E-state index is 0.400. The smallest absolute Gasteiger partial charge is 0.351 e. The van der Waals surface area contributed by atoms with E-state index in [4.69, 9.17) is 15.9 Å². The summed E-state index contributed by atoms with van der Waals surface area (Å²) in [6.45, 7) is 0. The molecule has 0 aromatic rings. The summed E-state index contributed by atoms with van der Waals surface area (Å²) >= 11 is 0. The van der Waals surface area contributed by atoms with Gasteiger partial charge in [-0.15, -0.1) is 0 Å². The van der Waals surface area contributed by atoms with E-state index in [9.17, 15) is 9.59 Å². The van der Waals surface area contributed by atoms with Crippen molar-refractivity contribution in [3.05, 3.63) is 23.9 Å². The van der Waals surface area contributed by atoms with Crippen molar-refractivity contribution in [1.29, 1.82) is 0 Å². The number of allylic oxidation sites excluding steroid dienone is 2. The van der Waals surface area contributed by atoms with E-state index in [1.807, 2.05) is 0 Å². The number of rotatable bonds is 3. The number of carboxylic acids is 2. The molecule has 0 fully saturated rings. The van der Waals surface area contributed by atoms with Gasteiger partial charge in [0, 0.05) is 6.08 Å². The number of hydrogen-bond donors (Lipinski definition) is 3. The van der Waals surface area contributed by atoms with E-state index in [1.54, 1.807) is 0 Å². The van der Waals surface area contributed by atoms with E-state index >= 15 is 0 Å². The van der Waals surface area contributed by atoms with Gasteiger partial charge in [-0.1, -0.05) is 6.08 Å². The molecule has 0 aliphatic rings. The van der Waals surface area contributed by atoms with E-state index in [-0.39, 0.29) is 0 Å². The van der Waals surface area contributed by atoms with Crippen LogP contribution in [0.15, 0.2) is 23.9 Å². The molecule has 11 heavy (non-hydrogen) atoms. The maximum absolute atomic E-state index is 10.0. The van der Waals surface area contributed by atoms with Gasteiger partial charge in [-0.2, -0.15) is 0 Å². The van der Waals surface area contributed by atoms with Crippen LogP contribution < -0.4 is 5.73 Å². The molecule has 5 heteroatoms. The predicted octanol–water partition coefficient (Wildman–Crippen LogP) is -0.446. The van der Waals surface area contributed by atoms with Crippen molar-refractivity contribution >= 4 is 11.9 Å². The van der Waals surface area contributed by atoms with E-state index < -0.39 is 17.6 Å². The monoisotopic (exact) mass is 157 g/mol. The lowest BCUT2D eigenvalue weighted by molar-refractivity contribution is -0.133. The molecule has 0 amide bonds. The third kappa shape index (κ3) is 4.71. The molecule has 0 aromatic carbocycles. The van der Waals surface area contributed by atoms with Crippen LogP contribution in [-0.4, -0.2) is 22.2 Å². The maximum atomic E-state index is 10.0. The Labute approximate surface area is 62.4 Å². The second-order valence-electron chi connectivity index (χ2n) is 1.62. The van der Waals surface area contributed by atoms with Crippen molar-refractivity contribution in [3.8, 4) is 0 Å². The average molecular weight is 157 g/mol. The Morgan fingerprint density at radius 1 is 1.27 bits per heavy atom. The van der Waals surface area contributed by atoms with Gasteiger partial charge in [-0.3, -0.25) is 0 Å². The number of nitrogens with two attached hydrogens (primary N) is 1. The molecule has 0 saturated heterocycles. The lowest BCUT2D eigenvalue weighted by atomic mass is 10.4. The van der Waals surface area contributed by atoms with Crippen LogP contribution in [0.1, 0.15) is 0 Å². The van der Waals surface area contributed by atoms with E-state index in [0.717, 1.165) is 18.2 Å². The van der Waals surface area contributed by atoms with Gasteiger partial charge in [0.15, 0.2) is 0 Å². The summed E-state index contributed by atoms with van der Waals surface area (Å²) in [6, 6.07) is 0. The van der Waals surface area contributed by atoms with Crippen molar-refractivity contribution in [3.63, 3.8) is 0 Å². The zero-order valence-corrected chi connectivity index (χ0v) is 5.52. The van der Waals surface area contributed by atoms with Gasteiger partial charge in [0.05, 0.1) is 0 Å². The summed E-state index contributed by atoms with van der Waals surface area (Å²) in [5.41, 5.74) is 4.52. The number of hydrogen-bond acceptors (Lipinski definition) is 3. The quantitative estimate of drug-likeness (QED) is 0.380. The predicted molar refractivity (Wildman–Crippen MR) is 36.7 cm³/mol. The fourth-order valence-corrected chi connectivity index (χ4v) is 0.305. The zero-order chi connectivity index (χ0) is 8.85. The highest BCUT2D eigenvalue weighted by Crippen LogP contribution is 1.84. The second-order valence-corrected chi connectivity index (χ2v) is 1.62. The van der Waals surface area contributed by atoms with Crippen LogP contribution in [-0.2, 0) is 9.59 Å². The molecule has 0 rings (SSSR count). The topological polar surface area (TPSA) is 101 Å². The van der Waals surface area contributed by atoms with Crippen LogP contribution >= 0.6 is 0 Å². The van der Waals surface area contributed by atoms with Crippen LogP contribution in [0.25, 0.3) is 0 Å². The lowest BCUT2D eigenvalue weighted by Crippen LogP contribution is -2.08. The summed E-state index contributed by atoms with van der Waals surface area (Å²) in [7, 11) is 0. The molecule has 0 aromatic heterocycles. The van der Waals surface area contributed by atoms with Gasteiger partial charge in [-0.05, 0) is 6.08 Å². The first kappa shape index (κ1) is 9.22. The maximum Gasteiger partial charge on any atom is 0.351 e. The Kier molecular flexibility index (Phi) is 3.44. The highest BCUT2D eigenvalue weighted by Gasteiger charge is 1.96. The Balaban J connectivity index is 4.13. The summed E-state index contributed by atoms with van der Waals surface area (Å²) in [4.78, 5) is 19.8. The average Bonchev–Trinajstić information content (AvgIpc) is 1.86. The third-order valence-electron chi connectivity index (χ3n) is 0.762. The minimum Gasteiger partial charge on any atom is -0.478 e. The van der Waals surface area contributed by atoms with E-state index in [2.05, 4.69) is 0 Å². The van der Waals surface area contributed by atoms with Crippen molar-refractivity contribution in [2.45, 2.75) is 0 Å². The molecule has 0 aliphatic carbocycles. The molecule has 0 atom stereocenters. The molecule has 60 valence electrons. The molecule has 0 spiro atoms. The van der Waals surface area contributed by atoms with Crippen molar-refractivity contribution in [2.75, 3.05) is 0 Å². The zero-order valence-electron chi connectivity index (χ0n) is 5.52. The van der Waals surface area contributed by atoms with Gasteiger partial charge in [0.25, 0.3) is 0 Å². The normalized spacial score (nSPS) is 11.8. The first-order chi connectivity index (χ1) is 5.04. The fraction of sp³-hybridized carbons (Fsp3) is 0. The van der Waals surface area contributed by atoms with E-state index in [1.165, 1.54) is 0 Å². The Morgan fingerprint density at radius 3 is 2.18 bits per heavy atom. The van der Waals surface area contributed by atoms with Crippen molar-refractivity contribution < 1.29 is 19.8 Å². The standard InChI is InChI=1S/C6H7NO4/c7-4(6(10)11)2-1-3-5(8)9/h1-3H,7H2,(H,8,9)(H,10,11)/b3-1+,4-2-. The third-order valence-corrected chi connectivity index (χ3v) is 0.762. The molecular formula is C6H7NO4. The minimum atomic E-state index is -1.28. The Bertz CT molecular complexity index is 229. The summed E-state index contributed by atoms with van der Waals surface area (Å²) in [6.07, 6.45) is 2.83. The number of carboxylic acid groups (broad SMARTS) is 2. The molecule has 4 N–H and O–H groups in total. The van der Waals surface area contributed by atoms with Crippen molar-refractivity contribution in [2.24, 2.45) is 5.73 Å². The number of carbonyl (C=O) groups is 2. The van der Waals surface area contributed by atoms with Gasteiger partial charge in [0.1, 0.15) is 5.70 Å². The van der Waals surface area contributed by atoms with Crippen LogP contribution in [0.2, 0.25) is 0 Å². The van der Waals surface area contributed by atoms with Gasteiger partial charge < -0.3 is 15.9 Å². The molecule has 0 saturated carbocycles. The van der Waals surface area contributed by atoms with Gasteiger partial charge >= 0.3 is 11.9 Å². The largest absolute Gasteiger partial charge is 0.478 e. The Hall–Kier alpha value is -1.78. The first-order valence-corrected chi connectivity index (χ1v) is 2.64. The molecule has 0 heterocycles. The molecule has 0 radical (unpaired) electrons. The number of aliphatic carboxylic acids is 2. The molecule has 0 aliphatic heterocycles. The van der Waals surface area contributed by atoms with Crippen LogP contribution in [0, 0.1) is 0 Å². The summed E-state index contributed by atoms with van der Waals surface area (Å²) in [5.74, 6) is -2.43. The van der Waals surface area contributed by atoms with Crippen LogP contribution in [0.5, 0.6) is 0 Å². The highest BCUT2D eigenvalue weighted by molar-refractivity contribution is 5.86. The molecule has 0 bridgehead atoms. The van der Waals surface area contributed by atoms with Crippen LogP contribution in [0.4, 0.5) is 0 Å². The SMILES string of the molecule is N/C(=C\C=C\C(=O)O)C(=O)O. The molecule has 0 unspecified atom stereocenters. The summed E-state index contributed by atoms with van der Waals surface area (Å²) < 4.78 is 0. The van der Waals surface area contributed by atoms with Crippen molar-refractivity contribution in [1.82, 2.24) is 0 Å². The second kappa shape index (κ2) is 4.10. The molecule has 5 nitrogen and oxygen atoms in total. The lowest BCUT2D eigenvalue weighted by Gasteiger charge is -1.86. The first-order valence-electron chi connectivity index (χ1n) is 2.64. The summed E-state index contributed by atoms with van der Waals surface area (Å²) in [5, 5.41) is 16.2. The van der Waals surface area contributed by atoms with Gasteiger partial charge in [-0.25, -0.2) is 9.59 Å². The van der Waals surface area contributed by atoms with Gasteiger partial charge in [0.2, 0.25) is 0 Å². The molecular weight excluding hydrogens is 150 g/mol. The Morgan fingerprint density at radius 2 is 1.82 bits per heavy atom. The van der Waals surface area contributed by atoms with E-state index in [0.29, 0.717) is 0 Å². The fourth-order valence-electron chi connectivity index (χ4n) is 0.305. The highest BCUT2D eigenvalue weighted by atomic mass is 16.4. The van der Waals surface area contributed by atoms with Crippen LogP contribution in [0.3, 0.4) is 0 Å².